The van der Waals surface area contributed by atoms with Gasteiger partial charge in [0.15, 0.2) is 0 Å². The third kappa shape index (κ3) is 4.66. The normalized spacial score (nSPS) is 10.3. The highest BCUT2D eigenvalue weighted by Gasteiger charge is 2.05. The Balaban J connectivity index is 1.90. The molecule has 0 atom stereocenters. The first kappa shape index (κ1) is 14.5. The molecule has 1 aromatic heterocycles. The molecule has 0 aliphatic rings. The fourth-order valence-electron chi connectivity index (χ4n) is 1.63. The van der Waals surface area contributed by atoms with Gasteiger partial charge in [0.25, 0.3) is 0 Å². The van der Waals surface area contributed by atoms with E-state index in [0.717, 1.165) is 19.4 Å². The van der Waals surface area contributed by atoms with Gasteiger partial charge in [0.05, 0.1) is 6.61 Å². The van der Waals surface area contributed by atoms with E-state index in [1.165, 1.54) is 5.56 Å². The highest BCUT2D eigenvalue weighted by atomic mass is 35.5. The summed E-state index contributed by atoms with van der Waals surface area (Å²) >= 11 is 5.84. The first-order valence-corrected chi connectivity index (χ1v) is 6.98. The van der Waals surface area contributed by atoms with Crippen molar-refractivity contribution < 1.29 is 4.74 Å². The second kappa shape index (κ2) is 7.65. The molecule has 0 unspecified atom stereocenters. The Labute approximate surface area is 123 Å². The van der Waals surface area contributed by atoms with Crippen LogP contribution in [0.15, 0.2) is 30.3 Å². The van der Waals surface area contributed by atoms with Crippen LogP contribution in [0.3, 0.4) is 0 Å². The summed E-state index contributed by atoms with van der Waals surface area (Å²) in [6.45, 7) is 3.29. The van der Waals surface area contributed by atoms with Crippen LogP contribution in [0.1, 0.15) is 18.9 Å². The molecule has 0 aliphatic heterocycles. The van der Waals surface area contributed by atoms with E-state index >= 15 is 0 Å². The maximum absolute atomic E-state index is 5.84. The summed E-state index contributed by atoms with van der Waals surface area (Å²) < 4.78 is 5.35. The summed E-state index contributed by atoms with van der Waals surface area (Å²) in [5.41, 5.74) is 1.25. The summed E-state index contributed by atoms with van der Waals surface area (Å²) in [7, 11) is 0. The van der Waals surface area contributed by atoms with E-state index in [2.05, 4.69) is 32.4 Å². The number of anilines is 1. The Kier molecular flexibility index (Phi) is 5.55. The van der Waals surface area contributed by atoms with E-state index in [9.17, 15) is 0 Å². The largest absolute Gasteiger partial charge is 0.463 e. The van der Waals surface area contributed by atoms with Crippen molar-refractivity contribution in [3.05, 3.63) is 41.2 Å². The lowest BCUT2D eigenvalue weighted by Gasteiger charge is -2.07. The van der Waals surface area contributed by atoms with Crippen molar-refractivity contribution >= 4 is 17.5 Å². The van der Waals surface area contributed by atoms with Gasteiger partial charge in [-0.05, 0) is 30.0 Å². The molecule has 0 radical (unpaired) electrons. The Hall–Kier alpha value is -1.88. The quantitative estimate of drug-likeness (QED) is 0.850. The van der Waals surface area contributed by atoms with Crippen LogP contribution in [-0.2, 0) is 6.42 Å². The average molecular weight is 293 g/mol. The van der Waals surface area contributed by atoms with E-state index in [0.29, 0.717) is 12.6 Å². The zero-order valence-electron chi connectivity index (χ0n) is 11.3. The highest BCUT2D eigenvalue weighted by Crippen LogP contribution is 2.11. The topological polar surface area (TPSA) is 59.9 Å². The molecule has 0 fully saturated rings. The van der Waals surface area contributed by atoms with Crippen LogP contribution >= 0.6 is 11.6 Å². The smallest absolute Gasteiger partial charge is 0.322 e. The zero-order valence-corrected chi connectivity index (χ0v) is 12.1. The fraction of sp³-hybridized carbons (Fsp3) is 0.357. The van der Waals surface area contributed by atoms with Gasteiger partial charge in [-0.25, -0.2) is 0 Å². The first-order chi connectivity index (χ1) is 9.78. The Morgan fingerprint density at radius 1 is 1.15 bits per heavy atom. The van der Waals surface area contributed by atoms with Gasteiger partial charge >= 0.3 is 6.01 Å². The predicted octanol–water partition coefficient (Wildman–Crippen LogP) is 2.97. The van der Waals surface area contributed by atoms with E-state index in [4.69, 9.17) is 16.3 Å². The molecule has 0 saturated heterocycles. The minimum absolute atomic E-state index is 0.133. The van der Waals surface area contributed by atoms with Gasteiger partial charge in [-0.2, -0.15) is 15.0 Å². The number of halogens is 1. The average Bonchev–Trinajstić information content (AvgIpc) is 2.46. The van der Waals surface area contributed by atoms with Gasteiger partial charge < -0.3 is 10.1 Å². The van der Waals surface area contributed by atoms with Crippen molar-refractivity contribution in [2.45, 2.75) is 19.8 Å². The number of hydrogen-bond acceptors (Lipinski definition) is 5. The summed E-state index contributed by atoms with van der Waals surface area (Å²) in [5.74, 6) is 0.437. The van der Waals surface area contributed by atoms with Gasteiger partial charge in [-0.3, -0.25) is 0 Å². The monoisotopic (exact) mass is 292 g/mol. The Bertz CT molecular complexity index is 536. The van der Waals surface area contributed by atoms with E-state index < -0.39 is 0 Å². The van der Waals surface area contributed by atoms with E-state index in [1.54, 1.807) is 0 Å². The van der Waals surface area contributed by atoms with Crippen LogP contribution in [0.4, 0.5) is 5.95 Å². The van der Waals surface area contributed by atoms with Crippen LogP contribution in [0.25, 0.3) is 0 Å². The minimum atomic E-state index is 0.133. The van der Waals surface area contributed by atoms with Gasteiger partial charge in [0, 0.05) is 6.54 Å². The zero-order chi connectivity index (χ0) is 14.2. The number of ether oxygens (including phenoxy) is 1. The molecule has 1 N–H and O–H groups in total. The predicted molar refractivity (Wildman–Crippen MR) is 79.3 cm³/mol. The maximum atomic E-state index is 5.84. The molecule has 2 rings (SSSR count). The first-order valence-electron chi connectivity index (χ1n) is 6.60. The number of benzene rings is 1. The highest BCUT2D eigenvalue weighted by molar-refractivity contribution is 6.28. The second-order valence-electron chi connectivity index (χ2n) is 4.22. The van der Waals surface area contributed by atoms with Crippen LogP contribution in [0, 0.1) is 0 Å². The SMILES string of the molecule is CCCOc1nc(Cl)nc(NCCc2ccccc2)n1. The maximum Gasteiger partial charge on any atom is 0.322 e. The van der Waals surface area contributed by atoms with Crippen molar-refractivity contribution in [2.24, 2.45) is 0 Å². The van der Waals surface area contributed by atoms with Gasteiger partial charge in [-0.15, -0.1) is 0 Å². The van der Waals surface area contributed by atoms with Gasteiger partial charge in [0.1, 0.15) is 0 Å². The molecule has 6 heteroatoms. The molecule has 5 nitrogen and oxygen atoms in total. The number of hydrogen-bond donors (Lipinski definition) is 1. The van der Waals surface area contributed by atoms with Gasteiger partial charge in [0.2, 0.25) is 11.2 Å². The number of nitrogens with one attached hydrogen (secondary N) is 1. The molecule has 106 valence electrons. The van der Waals surface area contributed by atoms with Crippen LogP contribution in [0.2, 0.25) is 5.28 Å². The molecule has 0 saturated carbocycles. The number of aromatic nitrogens is 3. The summed E-state index contributed by atoms with van der Waals surface area (Å²) in [4.78, 5) is 12.1. The van der Waals surface area contributed by atoms with Crippen LogP contribution in [0.5, 0.6) is 6.01 Å². The van der Waals surface area contributed by atoms with Crippen molar-refractivity contribution in [1.29, 1.82) is 0 Å². The number of nitrogens with zero attached hydrogens (tertiary/aromatic N) is 3. The molecule has 2 aromatic rings. The van der Waals surface area contributed by atoms with Crippen molar-refractivity contribution in [2.75, 3.05) is 18.5 Å². The molecule has 0 spiro atoms. The third-order valence-corrected chi connectivity index (χ3v) is 2.73. The van der Waals surface area contributed by atoms with Crippen molar-refractivity contribution in [3.63, 3.8) is 0 Å². The molecule has 0 bridgehead atoms. The van der Waals surface area contributed by atoms with E-state index in [-0.39, 0.29) is 11.3 Å². The lowest BCUT2D eigenvalue weighted by atomic mass is 10.1. The summed E-state index contributed by atoms with van der Waals surface area (Å²) in [6, 6.07) is 10.5. The molecular formula is C14H17ClN4O. The van der Waals surface area contributed by atoms with Crippen LogP contribution in [-0.4, -0.2) is 28.1 Å². The lowest BCUT2D eigenvalue weighted by molar-refractivity contribution is 0.291. The third-order valence-electron chi connectivity index (χ3n) is 2.56. The Morgan fingerprint density at radius 2 is 1.95 bits per heavy atom. The molecule has 1 aromatic carbocycles. The number of rotatable bonds is 7. The standard InChI is InChI=1S/C14H17ClN4O/c1-2-10-20-14-18-12(15)17-13(19-14)16-9-8-11-6-4-3-5-7-11/h3-7H,2,8-10H2,1H3,(H,16,17,18,19). The second-order valence-corrected chi connectivity index (χ2v) is 4.56. The Morgan fingerprint density at radius 3 is 2.70 bits per heavy atom. The molecule has 20 heavy (non-hydrogen) atoms. The minimum Gasteiger partial charge on any atom is -0.463 e. The van der Waals surface area contributed by atoms with Gasteiger partial charge in [-0.1, -0.05) is 37.3 Å². The van der Waals surface area contributed by atoms with E-state index in [1.807, 2.05) is 25.1 Å². The molecule has 0 amide bonds. The van der Waals surface area contributed by atoms with Crippen molar-refractivity contribution in [1.82, 2.24) is 15.0 Å². The molecular weight excluding hydrogens is 276 g/mol. The summed E-state index contributed by atoms with van der Waals surface area (Å²) in [6.07, 6.45) is 1.77. The van der Waals surface area contributed by atoms with Crippen molar-refractivity contribution in [3.8, 4) is 6.01 Å². The lowest BCUT2D eigenvalue weighted by Crippen LogP contribution is -2.10. The fourth-order valence-corrected chi connectivity index (χ4v) is 1.78. The molecule has 1 heterocycles. The van der Waals surface area contributed by atoms with Crippen LogP contribution < -0.4 is 10.1 Å². The molecule has 0 aliphatic carbocycles. The summed E-state index contributed by atoms with van der Waals surface area (Å²) in [5, 5.41) is 3.26.